The quantitative estimate of drug-likeness (QED) is 0.115. The first-order valence-corrected chi connectivity index (χ1v) is 20.6. The van der Waals surface area contributed by atoms with Gasteiger partial charge in [0.15, 0.2) is 6.29 Å². The Morgan fingerprint density at radius 3 is 2.24 bits per heavy atom. The van der Waals surface area contributed by atoms with Crippen molar-refractivity contribution in [1.82, 2.24) is 30.8 Å². The van der Waals surface area contributed by atoms with Crippen LogP contribution in [0.1, 0.15) is 80.1 Å². The summed E-state index contributed by atoms with van der Waals surface area (Å²) >= 11 is 1.56. The number of thioether (sulfide) groups is 1. The van der Waals surface area contributed by atoms with Crippen LogP contribution in [0.3, 0.4) is 0 Å². The maximum absolute atomic E-state index is 13.3. The Balaban J connectivity index is 0.903. The van der Waals surface area contributed by atoms with Gasteiger partial charge in [-0.25, -0.2) is 4.79 Å². The molecule has 1 aliphatic heterocycles. The van der Waals surface area contributed by atoms with E-state index < -0.39 is 6.29 Å². The van der Waals surface area contributed by atoms with Crippen molar-refractivity contribution in [2.75, 3.05) is 5.75 Å². The van der Waals surface area contributed by atoms with E-state index in [1.54, 1.807) is 16.4 Å². The summed E-state index contributed by atoms with van der Waals surface area (Å²) < 4.78 is 15.2. The van der Waals surface area contributed by atoms with Crippen molar-refractivity contribution < 1.29 is 19.4 Å². The van der Waals surface area contributed by atoms with E-state index in [9.17, 15) is 9.90 Å². The van der Waals surface area contributed by atoms with E-state index in [4.69, 9.17) is 9.47 Å². The molecular weight excluding hydrogens is 709 g/mol. The summed E-state index contributed by atoms with van der Waals surface area (Å²) in [6.45, 7) is 2.60. The highest BCUT2D eigenvalue weighted by atomic mass is 32.2. The van der Waals surface area contributed by atoms with Gasteiger partial charge in [-0.2, -0.15) is 4.68 Å². The molecule has 11 heteroatoms. The highest BCUT2D eigenvalue weighted by Gasteiger charge is 2.51. The monoisotopic (exact) mass is 756 g/mol. The molecule has 4 aliphatic carbocycles. The zero-order chi connectivity index (χ0) is 37.4. The van der Waals surface area contributed by atoms with Crippen LogP contribution >= 0.6 is 11.8 Å². The fourth-order valence-electron chi connectivity index (χ4n) is 9.97. The smallest absolute Gasteiger partial charge is 0.315 e. The van der Waals surface area contributed by atoms with Gasteiger partial charge < -0.3 is 25.2 Å². The van der Waals surface area contributed by atoms with Crippen LogP contribution in [-0.2, 0) is 22.6 Å². The molecule has 4 bridgehead atoms. The van der Waals surface area contributed by atoms with Crippen molar-refractivity contribution in [2.24, 2.45) is 23.7 Å². The number of tetrazole rings is 1. The number of carbonyl (C=O) groups excluding carboxylic acids is 1. The molecule has 5 aliphatic rings. The third kappa shape index (κ3) is 7.67. The summed E-state index contributed by atoms with van der Waals surface area (Å²) in [4.78, 5) is 13.3. The van der Waals surface area contributed by atoms with E-state index in [1.165, 1.54) is 19.3 Å². The summed E-state index contributed by atoms with van der Waals surface area (Å²) in [7, 11) is 0. The number of nitrogens with one attached hydrogen (secondary N) is 2. The van der Waals surface area contributed by atoms with Gasteiger partial charge >= 0.3 is 6.03 Å². The zero-order valence-corrected chi connectivity index (χ0v) is 31.9. The number of carbonyl (C=O) groups is 1. The van der Waals surface area contributed by atoms with Crippen LogP contribution in [0.25, 0.3) is 16.8 Å². The molecule has 3 N–H and O–H groups in total. The van der Waals surface area contributed by atoms with Crippen molar-refractivity contribution in [3.05, 3.63) is 125 Å². The van der Waals surface area contributed by atoms with Crippen molar-refractivity contribution in [1.29, 1.82) is 0 Å². The molecule has 10 nitrogen and oxygen atoms in total. The van der Waals surface area contributed by atoms with E-state index in [0.717, 1.165) is 76.1 Å². The average Bonchev–Trinajstić information content (AvgIpc) is 3.68. The number of aliphatic hydroxyl groups excluding tert-OH is 1. The fraction of sp³-hybridized carbons (Fsp3) is 0.409. The minimum atomic E-state index is -0.603. The Morgan fingerprint density at radius 2 is 1.53 bits per heavy atom. The molecule has 0 spiro atoms. The van der Waals surface area contributed by atoms with E-state index >= 15 is 0 Å². The van der Waals surface area contributed by atoms with Gasteiger partial charge in [-0.3, -0.25) is 0 Å². The van der Waals surface area contributed by atoms with Gasteiger partial charge in [-0.1, -0.05) is 110 Å². The van der Waals surface area contributed by atoms with E-state index in [2.05, 4.69) is 69.5 Å². The van der Waals surface area contributed by atoms with E-state index in [1.807, 2.05) is 66.7 Å². The Morgan fingerprint density at radius 1 is 0.855 bits per heavy atom. The third-order valence-electron chi connectivity index (χ3n) is 12.3. The number of aromatic nitrogens is 4. The SMILES string of the molecule is C[C@H]1[C@@H](CSc2nnnn2-c2ccccc2)O[C@@H](c2ccc(-c3ccccc3CNC(=O)NC34CC5CC(CC(C5)C3)C4)cc2)O[C@H]1c1ccc(CO)cc1. The summed E-state index contributed by atoms with van der Waals surface area (Å²) in [6.07, 6.45) is 6.43. The standard InChI is InChI=1S/C44H48N6O4S/c1-28-39(27-55-43-47-48-49-50(43)37-8-3-2-4-9-37)53-41(54-40(28)34-13-11-29(26-51)12-14-34)35-17-15-33(16-18-35)38-10-6-5-7-36(38)25-45-42(52)46-44-22-30-19-31(23-44)21-32(20-30)24-44/h2-18,28,30-32,39-41,51H,19-27H2,1H3,(H2,45,46,52)/t28-,30?,31?,32?,39+,40+,41+,44?/m0/s1. The number of para-hydroxylation sites is 1. The Bertz CT molecular complexity index is 2060. The number of hydrogen-bond donors (Lipinski definition) is 3. The van der Waals surface area contributed by atoms with Crippen LogP contribution in [0.4, 0.5) is 4.79 Å². The van der Waals surface area contributed by atoms with Crippen molar-refractivity contribution in [3.63, 3.8) is 0 Å². The Hall–Kier alpha value is -4.55. The summed E-state index contributed by atoms with van der Waals surface area (Å²) in [5.74, 6) is 2.98. The lowest BCUT2D eigenvalue weighted by atomic mass is 9.53. The summed E-state index contributed by atoms with van der Waals surface area (Å²) in [5.41, 5.74) is 6.89. The first kappa shape index (κ1) is 36.1. The number of nitrogens with zero attached hydrogens (tertiary/aromatic N) is 4. The average molecular weight is 757 g/mol. The number of hydrogen-bond acceptors (Lipinski definition) is 8. The van der Waals surface area contributed by atoms with Crippen molar-refractivity contribution in [2.45, 2.75) is 87.8 Å². The highest BCUT2D eigenvalue weighted by molar-refractivity contribution is 7.99. The molecule has 4 aromatic carbocycles. The molecule has 0 unspecified atom stereocenters. The van der Waals surface area contributed by atoms with Crippen LogP contribution in [-0.4, -0.2) is 48.7 Å². The lowest BCUT2D eigenvalue weighted by Gasteiger charge is -2.56. The maximum atomic E-state index is 13.3. The second-order valence-electron chi connectivity index (χ2n) is 16.1. The highest BCUT2D eigenvalue weighted by Crippen LogP contribution is 2.55. The minimum absolute atomic E-state index is 0.0108. The number of amides is 2. The number of benzene rings is 4. The lowest BCUT2D eigenvalue weighted by Crippen LogP contribution is -2.61. The molecule has 1 saturated heterocycles. The number of rotatable bonds is 11. The van der Waals surface area contributed by atoms with Gasteiger partial charge in [-0.15, -0.1) is 5.10 Å². The summed E-state index contributed by atoms with van der Waals surface area (Å²) in [6, 6.07) is 34.4. The molecule has 2 heterocycles. The molecule has 4 atom stereocenters. The lowest BCUT2D eigenvalue weighted by molar-refractivity contribution is -0.268. The van der Waals surface area contributed by atoms with Gasteiger partial charge in [0.25, 0.3) is 0 Å². The molecule has 5 aromatic rings. The maximum Gasteiger partial charge on any atom is 0.315 e. The van der Waals surface area contributed by atoms with Gasteiger partial charge in [0.1, 0.15) is 0 Å². The van der Waals surface area contributed by atoms with Crippen LogP contribution in [0, 0.1) is 23.7 Å². The summed E-state index contributed by atoms with van der Waals surface area (Å²) in [5, 5.41) is 29.5. The minimum Gasteiger partial charge on any atom is -0.392 e. The molecule has 5 fully saturated rings. The number of ether oxygens (including phenoxy) is 2. The largest absolute Gasteiger partial charge is 0.392 e. The normalized spacial score (nSPS) is 28.2. The molecule has 10 rings (SSSR count). The predicted octanol–water partition coefficient (Wildman–Crippen LogP) is 8.17. The fourth-order valence-corrected chi connectivity index (χ4v) is 11.0. The molecule has 1 aromatic heterocycles. The number of aliphatic hydroxyl groups is 1. The van der Waals surface area contributed by atoms with Gasteiger partial charge in [-0.05, 0) is 107 Å². The van der Waals surface area contributed by atoms with Crippen molar-refractivity contribution >= 4 is 17.8 Å². The molecule has 55 heavy (non-hydrogen) atoms. The van der Waals surface area contributed by atoms with Gasteiger partial charge in [0.05, 0.1) is 24.5 Å². The molecule has 4 saturated carbocycles. The van der Waals surface area contributed by atoms with Crippen LogP contribution in [0.5, 0.6) is 0 Å². The topological polar surface area (TPSA) is 123 Å². The second kappa shape index (κ2) is 15.5. The Labute approximate surface area is 326 Å². The molecule has 284 valence electrons. The van der Waals surface area contributed by atoms with Crippen LogP contribution in [0.15, 0.2) is 108 Å². The van der Waals surface area contributed by atoms with Crippen LogP contribution < -0.4 is 10.6 Å². The first-order valence-electron chi connectivity index (χ1n) is 19.6. The van der Waals surface area contributed by atoms with Crippen LogP contribution in [0.2, 0.25) is 0 Å². The number of urea groups is 1. The zero-order valence-electron chi connectivity index (χ0n) is 31.1. The first-order chi connectivity index (χ1) is 26.9. The predicted molar refractivity (Wildman–Crippen MR) is 211 cm³/mol. The third-order valence-corrected chi connectivity index (χ3v) is 13.3. The molecule has 0 radical (unpaired) electrons. The second-order valence-corrected chi connectivity index (χ2v) is 17.1. The Kier molecular flexibility index (Phi) is 10.2. The van der Waals surface area contributed by atoms with Crippen molar-refractivity contribution in [3.8, 4) is 16.8 Å². The van der Waals surface area contributed by atoms with Gasteiger partial charge in [0.2, 0.25) is 5.16 Å². The van der Waals surface area contributed by atoms with E-state index in [-0.39, 0.29) is 36.3 Å². The molecule has 2 amide bonds. The van der Waals surface area contributed by atoms with Gasteiger partial charge in [0, 0.05) is 29.3 Å². The van der Waals surface area contributed by atoms with E-state index in [0.29, 0.717) is 17.5 Å². The molecular formula is C44H48N6O4S.